The Kier molecular flexibility index (Phi) is 2.07. The summed E-state index contributed by atoms with van der Waals surface area (Å²) in [6, 6.07) is 13.8. The summed E-state index contributed by atoms with van der Waals surface area (Å²) in [5.41, 5.74) is 5.71. The van der Waals surface area contributed by atoms with Crippen molar-refractivity contribution in [3.8, 4) is 0 Å². The molecule has 0 saturated carbocycles. The average Bonchev–Trinajstić information content (AvgIpc) is 2.17. The number of amides is 2. The molecule has 0 fully saturated rings. The monoisotopic (exact) mass is 185 g/mol. The first-order chi connectivity index (χ1) is 6.75. The van der Waals surface area contributed by atoms with Crippen LogP contribution in [0.3, 0.4) is 0 Å². The number of hydrogen-bond acceptors (Lipinski definition) is 1. The lowest BCUT2D eigenvalue weighted by molar-refractivity contribution is 0.259. The van der Waals surface area contributed by atoms with Gasteiger partial charge >= 0.3 is 6.03 Å². The third-order valence-corrected chi connectivity index (χ3v) is 1.93. The van der Waals surface area contributed by atoms with Gasteiger partial charge in [0.15, 0.2) is 0 Å². The number of primary amides is 1. The van der Waals surface area contributed by atoms with Gasteiger partial charge in [0.05, 0.1) is 0 Å². The zero-order valence-corrected chi connectivity index (χ0v) is 7.45. The van der Waals surface area contributed by atoms with E-state index in [1.54, 1.807) is 6.07 Å². The second kappa shape index (κ2) is 3.38. The van der Waals surface area contributed by atoms with Gasteiger partial charge in [0.25, 0.3) is 0 Å². The topological polar surface area (TPSA) is 55.1 Å². The fraction of sp³-hybridized carbons (Fsp3) is 0. The van der Waals surface area contributed by atoms with E-state index in [4.69, 9.17) is 5.73 Å². The molecule has 69 valence electrons. The highest BCUT2D eigenvalue weighted by Crippen LogP contribution is 2.17. The van der Waals surface area contributed by atoms with E-state index in [0.29, 0.717) is 5.69 Å². The van der Waals surface area contributed by atoms with Crippen LogP contribution in [-0.4, -0.2) is 6.03 Å². The zero-order chi connectivity index (χ0) is 9.97. The van der Waals surface area contributed by atoms with E-state index in [2.05, 4.69) is 11.4 Å². The van der Waals surface area contributed by atoms with Crippen LogP contribution in [-0.2, 0) is 0 Å². The van der Waals surface area contributed by atoms with Crippen molar-refractivity contribution in [1.29, 1.82) is 0 Å². The molecule has 0 spiro atoms. The number of rotatable bonds is 1. The smallest absolute Gasteiger partial charge is 0.316 e. The quantitative estimate of drug-likeness (QED) is 0.702. The molecule has 2 rings (SSSR count). The van der Waals surface area contributed by atoms with Crippen LogP contribution in [0.25, 0.3) is 10.8 Å². The van der Waals surface area contributed by atoms with Gasteiger partial charge in [0, 0.05) is 5.69 Å². The predicted molar refractivity (Wildman–Crippen MR) is 56.0 cm³/mol. The van der Waals surface area contributed by atoms with E-state index < -0.39 is 6.03 Å². The molecule has 0 heterocycles. The van der Waals surface area contributed by atoms with Crippen LogP contribution < -0.4 is 11.1 Å². The van der Waals surface area contributed by atoms with Gasteiger partial charge in [-0.25, -0.2) is 4.79 Å². The van der Waals surface area contributed by atoms with Crippen LogP contribution >= 0.6 is 0 Å². The average molecular weight is 185 g/mol. The number of fused-ring (bicyclic) bond motifs is 1. The molecule has 0 aromatic heterocycles. The molecule has 3 heteroatoms. The van der Waals surface area contributed by atoms with Crippen molar-refractivity contribution in [2.75, 3.05) is 5.32 Å². The lowest BCUT2D eigenvalue weighted by Crippen LogP contribution is -2.19. The summed E-state index contributed by atoms with van der Waals surface area (Å²) in [6.07, 6.45) is 0. The summed E-state index contributed by atoms with van der Waals surface area (Å²) >= 11 is 0. The normalized spacial score (nSPS) is 10.0. The Morgan fingerprint density at radius 3 is 3.00 bits per heavy atom. The van der Waals surface area contributed by atoms with Gasteiger partial charge in [-0.3, -0.25) is 0 Å². The molecule has 2 aromatic rings. The van der Waals surface area contributed by atoms with Gasteiger partial charge in [0.1, 0.15) is 0 Å². The molecular weight excluding hydrogens is 176 g/mol. The maximum atomic E-state index is 10.6. The molecule has 0 unspecified atom stereocenters. The van der Waals surface area contributed by atoms with Crippen LogP contribution in [0.2, 0.25) is 0 Å². The van der Waals surface area contributed by atoms with Crippen molar-refractivity contribution >= 4 is 22.5 Å². The van der Waals surface area contributed by atoms with Crippen molar-refractivity contribution in [1.82, 2.24) is 0 Å². The van der Waals surface area contributed by atoms with Gasteiger partial charge in [0.2, 0.25) is 0 Å². The number of nitrogens with one attached hydrogen (secondary N) is 1. The number of carbonyl (C=O) groups excluding carboxylic acids is 1. The summed E-state index contributed by atoms with van der Waals surface area (Å²) < 4.78 is 0. The molecule has 0 bridgehead atoms. The van der Waals surface area contributed by atoms with E-state index in [1.807, 2.05) is 30.3 Å². The Bertz CT molecular complexity index is 479. The highest BCUT2D eigenvalue weighted by molar-refractivity contribution is 5.92. The first-order valence-corrected chi connectivity index (χ1v) is 4.22. The van der Waals surface area contributed by atoms with E-state index in [9.17, 15) is 4.79 Å². The molecule has 2 amide bonds. The molecule has 0 aliphatic heterocycles. The van der Waals surface area contributed by atoms with Gasteiger partial charge in [-0.2, -0.15) is 0 Å². The van der Waals surface area contributed by atoms with Gasteiger partial charge in [-0.05, 0) is 29.0 Å². The molecule has 0 aliphatic rings. The zero-order valence-electron chi connectivity index (χ0n) is 7.45. The highest BCUT2D eigenvalue weighted by Gasteiger charge is 1.97. The molecule has 0 atom stereocenters. The minimum Gasteiger partial charge on any atom is -0.351 e. The largest absolute Gasteiger partial charge is 0.351 e. The highest BCUT2D eigenvalue weighted by atomic mass is 16.2. The van der Waals surface area contributed by atoms with Crippen LogP contribution in [0, 0.1) is 6.07 Å². The van der Waals surface area contributed by atoms with Gasteiger partial charge in [-0.15, -0.1) is 0 Å². The van der Waals surface area contributed by atoms with Crippen molar-refractivity contribution in [2.24, 2.45) is 5.73 Å². The van der Waals surface area contributed by atoms with Crippen molar-refractivity contribution in [3.63, 3.8) is 0 Å². The maximum Gasteiger partial charge on any atom is 0.316 e. The van der Waals surface area contributed by atoms with E-state index in [0.717, 1.165) is 10.8 Å². The predicted octanol–water partition coefficient (Wildman–Crippen LogP) is 2.13. The third-order valence-electron chi connectivity index (χ3n) is 1.93. The molecule has 0 aliphatic carbocycles. The first-order valence-electron chi connectivity index (χ1n) is 4.22. The number of urea groups is 1. The Balaban J connectivity index is 2.46. The molecule has 3 N–H and O–H groups in total. The van der Waals surface area contributed by atoms with E-state index in [-0.39, 0.29) is 0 Å². The first kappa shape index (κ1) is 8.56. The minimum atomic E-state index is -0.552. The Morgan fingerprint density at radius 2 is 2.21 bits per heavy atom. The van der Waals surface area contributed by atoms with E-state index >= 15 is 0 Å². The SMILES string of the molecule is NC(=O)Nc1ccc2[c]cccc2c1. The fourth-order valence-corrected chi connectivity index (χ4v) is 1.34. The summed E-state index contributed by atoms with van der Waals surface area (Å²) in [7, 11) is 0. The van der Waals surface area contributed by atoms with Gasteiger partial charge < -0.3 is 11.1 Å². The third kappa shape index (κ3) is 1.66. The van der Waals surface area contributed by atoms with Gasteiger partial charge in [-0.1, -0.05) is 24.3 Å². The number of nitrogens with two attached hydrogens (primary N) is 1. The Morgan fingerprint density at radius 1 is 1.36 bits per heavy atom. The number of hydrogen-bond donors (Lipinski definition) is 2. The molecule has 1 radical (unpaired) electrons. The molecule has 3 nitrogen and oxygen atoms in total. The molecular formula is C11H9N2O. The second-order valence-electron chi connectivity index (χ2n) is 2.96. The second-order valence-corrected chi connectivity index (χ2v) is 2.96. The summed E-state index contributed by atoms with van der Waals surface area (Å²) in [4.78, 5) is 10.6. The fourth-order valence-electron chi connectivity index (χ4n) is 1.34. The summed E-state index contributed by atoms with van der Waals surface area (Å²) in [5.74, 6) is 0. The summed E-state index contributed by atoms with van der Waals surface area (Å²) in [6.45, 7) is 0. The Hall–Kier alpha value is -2.03. The molecule has 0 saturated heterocycles. The van der Waals surface area contributed by atoms with Crippen molar-refractivity contribution < 1.29 is 4.79 Å². The van der Waals surface area contributed by atoms with Crippen LogP contribution in [0.15, 0.2) is 36.4 Å². The van der Waals surface area contributed by atoms with E-state index in [1.165, 1.54) is 0 Å². The number of anilines is 1. The van der Waals surface area contributed by atoms with Crippen LogP contribution in [0.1, 0.15) is 0 Å². The van der Waals surface area contributed by atoms with Crippen molar-refractivity contribution in [3.05, 3.63) is 42.5 Å². The number of carbonyl (C=O) groups is 1. The van der Waals surface area contributed by atoms with Crippen LogP contribution in [0.5, 0.6) is 0 Å². The lowest BCUT2D eigenvalue weighted by Gasteiger charge is -2.02. The standard InChI is InChI=1S/C11H9N2O/c12-11(14)13-10-6-5-8-3-1-2-4-9(8)7-10/h1-2,4-7H,(H3,12,13,14). The van der Waals surface area contributed by atoms with Crippen LogP contribution in [0.4, 0.5) is 10.5 Å². The molecule has 14 heavy (non-hydrogen) atoms. The van der Waals surface area contributed by atoms with Crippen molar-refractivity contribution in [2.45, 2.75) is 0 Å². The molecule has 2 aromatic carbocycles. The number of benzene rings is 2. The minimum absolute atomic E-state index is 0.552. The maximum absolute atomic E-state index is 10.6. The summed E-state index contributed by atoms with van der Waals surface area (Å²) in [5, 5.41) is 4.56. The Labute approximate surface area is 81.5 Å². The lowest BCUT2D eigenvalue weighted by atomic mass is 10.1.